The van der Waals surface area contributed by atoms with Gasteiger partial charge in [0.25, 0.3) is 0 Å². The van der Waals surface area contributed by atoms with Gasteiger partial charge in [-0.25, -0.2) is 13.1 Å². The number of hydrogen-bond donors (Lipinski definition) is 3. The van der Waals surface area contributed by atoms with Gasteiger partial charge in [-0.15, -0.1) is 6.58 Å². The van der Waals surface area contributed by atoms with Crippen molar-refractivity contribution < 1.29 is 13.2 Å². The largest absolute Gasteiger partial charge is 0.377 e. The molecular weight excluding hydrogens is 292 g/mol. The fourth-order valence-electron chi connectivity index (χ4n) is 1.95. The van der Waals surface area contributed by atoms with Crippen LogP contribution in [0.25, 0.3) is 0 Å². The summed E-state index contributed by atoms with van der Waals surface area (Å²) in [5.41, 5.74) is 0. The van der Waals surface area contributed by atoms with Crippen LogP contribution in [0, 0.1) is 0 Å². The minimum Gasteiger partial charge on any atom is -0.377 e. The minimum absolute atomic E-state index is 0.00325. The fourth-order valence-corrected chi connectivity index (χ4v) is 2.91. The van der Waals surface area contributed by atoms with Crippen molar-refractivity contribution >= 4 is 16.0 Å². The molecule has 0 radical (unpaired) electrons. The molecule has 0 saturated carbocycles. The third kappa shape index (κ3) is 8.03. The summed E-state index contributed by atoms with van der Waals surface area (Å²) in [7, 11) is -1.67. The highest BCUT2D eigenvalue weighted by atomic mass is 32.2. The molecule has 7 nitrogen and oxygen atoms in total. The molecule has 8 heteroatoms. The molecule has 0 bridgehead atoms. The molecule has 1 heterocycles. The highest BCUT2D eigenvalue weighted by molar-refractivity contribution is 7.89. The zero-order chi connectivity index (χ0) is 15.6. The highest BCUT2D eigenvalue weighted by Gasteiger charge is 2.17. The number of ether oxygens (including phenoxy) is 1. The van der Waals surface area contributed by atoms with E-state index in [0.717, 1.165) is 25.9 Å². The Morgan fingerprint density at radius 2 is 2.24 bits per heavy atom. The van der Waals surface area contributed by atoms with Crippen LogP contribution in [0.15, 0.2) is 17.6 Å². The molecule has 1 saturated heterocycles. The van der Waals surface area contributed by atoms with Gasteiger partial charge in [0.2, 0.25) is 10.0 Å². The molecule has 0 aromatic rings. The molecule has 0 aromatic carbocycles. The van der Waals surface area contributed by atoms with Crippen LogP contribution in [0.2, 0.25) is 0 Å². The number of sulfonamides is 1. The third-order valence-electron chi connectivity index (χ3n) is 3.11. The van der Waals surface area contributed by atoms with E-state index in [0.29, 0.717) is 19.0 Å². The van der Waals surface area contributed by atoms with E-state index in [-0.39, 0.29) is 18.4 Å². The van der Waals surface area contributed by atoms with E-state index in [1.807, 2.05) is 0 Å². The van der Waals surface area contributed by atoms with Crippen molar-refractivity contribution in [2.45, 2.75) is 25.4 Å². The number of hydrogen-bond acceptors (Lipinski definition) is 4. The van der Waals surface area contributed by atoms with Gasteiger partial charge in [-0.1, -0.05) is 6.08 Å². The van der Waals surface area contributed by atoms with Crippen molar-refractivity contribution in [3.05, 3.63) is 12.7 Å². The molecule has 0 aromatic heterocycles. The molecule has 1 aliphatic rings. The van der Waals surface area contributed by atoms with Crippen molar-refractivity contribution in [2.24, 2.45) is 4.99 Å². The first-order chi connectivity index (χ1) is 10.1. The van der Waals surface area contributed by atoms with Gasteiger partial charge in [0.1, 0.15) is 0 Å². The minimum atomic E-state index is -3.30. The zero-order valence-electron chi connectivity index (χ0n) is 12.6. The van der Waals surface area contributed by atoms with Crippen LogP contribution in [0.5, 0.6) is 0 Å². The van der Waals surface area contributed by atoms with E-state index < -0.39 is 10.0 Å². The van der Waals surface area contributed by atoms with Crippen LogP contribution in [-0.4, -0.2) is 59.5 Å². The van der Waals surface area contributed by atoms with Crippen LogP contribution in [0.4, 0.5) is 0 Å². The lowest BCUT2D eigenvalue weighted by Crippen LogP contribution is -2.42. The molecule has 1 unspecified atom stereocenters. The van der Waals surface area contributed by atoms with E-state index in [1.165, 1.54) is 0 Å². The molecule has 122 valence electrons. The number of guanidine groups is 1. The van der Waals surface area contributed by atoms with Gasteiger partial charge >= 0.3 is 0 Å². The van der Waals surface area contributed by atoms with Gasteiger partial charge in [-0.2, -0.15) is 0 Å². The summed E-state index contributed by atoms with van der Waals surface area (Å²) >= 11 is 0. The fraction of sp³-hybridized carbons (Fsp3) is 0.769. The molecule has 1 fully saturated rings. The number of rotatable bonds is 8. The van der Waals surface area contributed by atoms with Gasteiger partial charge in [-0.05, 0) is 19.3 Å². The second-order valence-corrected chi connectivity index (χ2v) is 6.75. The van der Waals surface area contributed by atoms with Gasteiger partial charge in [0.05, 0.1) is 11.9 Å². The Kier molecular flexibility index (Phi) is 8.33. The molecule has 0 spiro atoms. The monoisotopic (exact) mass is 318 g/mol. The maximum atomic E-state index is 11.9. The third-order valence-corrected chi connectivity index (χ3v) is 4.45. The number of nitrogens with one attached hydrogen (secondary N) is 3. The van der Waals surface area contributed by atoms with Gasteiger partial charge in [0.15, 0.2) is 5.96 Å². The average Bonchev–Trinajstić information content (AvgIpc) is 2.50. The standard InChI is InChI=1S/C13H26N4O3S/c1-3-7-15-13(14-2)16-8-10-21(18,19)17-11-12-6-4-5-9-20-12/h3,12,17H,1,4-11H2,2H3,(H2,14,15,16). The smallest absolute Gasteiger partial charge is 0.213 e. The lowest BCUT2D eigenvalue weighted by atomic mass is 10.1. The van der Waals surface area contributed by atoms with Crippen LogP contribution in [0.3, 0.4) is 0 Å². The predicted octanol–water partition coefficient (Wildman–Crippen LogP) is -0.174. The summed E-state index contributed by atoms with van der Waals surface area (Å²) in [4.78, 5) is 3.98. The molecule has 1 rings (SSSR count). The van der Waals surface area contributed by atoms with E-state index >= 15 is 0 Å². The summed E-state index contributed by atoms with van der Waals surface area (Å²) in [5.74, 6) is 0.551. The Hall–Kier alpha value is -1.12. The first-order valence-electron chi connectivity index (χ1n) is 7.21. The maximum Gasteiger partial charge on any atom is 0.213 e. The topological polar surface area (TPSA) is 91.8 Å². The summed E-state index contributed by atoms with van der Waals surface area (Å²) in [6.45, 7) is 5.53. The van der Waals surface area contributed by atoms with Crippen molar-refractivity contribution in [3.63, 3.8) is 0 Å². The number of aliphatic imine (C=N–C) groups is 1. The predicted molar refractivity (Wildman–Crippen MR) is 84.9 cm³/mol. The first kappa shape index (κ1) is 17.9. The van der Waals surface area contributed by atoms with E-state index in [2.05, 4.69) is 26.9 Å². The molecule has 0 aliphatic carbocycles. The summed E-state index contributed by atoms with van der Waals surface area (Å²) in [6.07, 6.45) is 4.78. The SMILES string of the molecule is C=CCNC(=NC)NCCS(=O)(=O)NCC1CCCCO1. The Bertz CT molecular complexity index is 431. The van der Waals surface area contributed by atoms with Gasteiger partial charge in [0, 0.05) is 33.3 Å². The second-order valence-electron chi connectivity index (χ2n) is 4.82. The second kappa shape index (κ2) is 9.75. The van der Waals surface area contributed by atoms with Crippen LogP contribution in [0.1, 0.15) is 19.3 Å². The summed E-state index contributed by atoms with van der Waals surface area (Å²) in [6, 6.07) is 0. The summed E-state index contributed by atoms with van der Waals surface area (Å²) in [5, 5.41) is 5.91. The van der Waals surface area contributed by atoms with Crippen LogP contribution >= 0.6 is 0 Å². The Labute approximate surface area is 127 Å². The van der Waals surface area contributed by atoms with Gasteiger partial charge in [-0.3, -0.25) is 4.99 Å². The molecule has 21 heavy (non-hydrogen) atoms. The van der Waals surface area contributed by atoms with Gasteiger partial charge < -0.3 is 15.4 Å². The maximum absolute atomic E-state index is 11.9. The molecule has 0 amide bonds. The highest BCUT2D eigenvalue weighted by Crippen LogP contribution is 2.11. The van der Waals surface area contributed by atoms with E-state index in [4.69, 9.17) is 4.74 Å². The molecule has 1 aliphatic heterocycles. The molecule has 3 N–H and O–H groups in total. The number of nitrogens with zero attached hydrogens (tertiary/aromatic N) is 1. The molecular formula is C13H26N4O3S. The van der Waals surface area contributed by atoms with Crippen molar-refractivity contribution in [1.82, 2.24) is 15.4 Å². The lowest BCUT2D eigenvalue weighted by Gasteiger charge is -2.22. The van der Waals surface area contributed by atoms with E-state index in [1.54, 1.807) is 13.1 Å². The lowest BCUT2D eigenvalue weighted by molar-refractivity contribution is 0.0200. The normalized spacial score (nSPS) is 20.0. The Balaban J connectivity index is 2.23. The quantitative estimate of drug-likeness (QED) is 0.328. The van der Waals surface area contributed by atoms with Crippen molar-refractivity contribution in [2.75, 3.05) is 39.0 Å². The Morgan fingerprint density at radius 3 is 2.86 bits per heavy atom. The Morgan fingerprint density at radius 1 is 1.43 bits per heavy atom. The zero-order valence-corrected chi connectivity index (χ0v) is 13.4. The van der Waals surface area contributed by atoms with Crippen LogP contribution < -0.4 is 15.4 Å². The van der Waals surface area contributed by atoms with Crippen molar-refractivity contribution in [1.29, 1.82) is 0 Å². The average molecular weight is 318 g/mol. The van der Waals surface area contributed by atoms with Crippen LogP contribution in [-0.2, 0) is 14.8 Å². The summed E-state index contributed by atoms with van der Waals surface area (Å²) < 4.78 is 31.8. The van der Waals surface area contributed by atoms with Crippen molar-refractivity contribution in [3.8, 4) is 0 Å². The molecule has 1 atom stereocenters. The van der Waals surface area contributed by atoms with E-state index in [9.17, 15) is 8.42 Å². The first-order valence-corrected chi connectivity index (χ1v) is 8.87.